The van der Waals surface area contributed by atoms with Crippen molar-refractivity contribution >= 4 is 45.8 Å². The van der Waals surface area contributed by atoms with Gasteiger partial charge in [0.15, 0.2) is 0 Å². The number of nitrogens with one attached hydrogen (secondary N) is 2. The average Bonchev–Trinajstić information content (AvgIpc) is 3.48. The first-order valence-electron chi connectivity index (χ1n) is 11.2. The van der Waals surface area contributed by atoms with Gasteiger partial charge in [0.2, 0.25) is 5.91 Å². The van der Waals surface area contributed by atoms with Gasteiger partial charge in [-0.3, -0.25) is 19.7 Å². The van der Waals surface area contributed by atoms with Crippen LogP contribution in [0.3, 0.4) is 0 Å². The molecule has 10 heteroatoms. The van der Waals surface area contributed by atoms with Gasteiger partial charge in [0.05, 0.1) is 42.0 Å². The minimum atomic E-state index is -3.12. The molecule has 0 spiro atoms. The number of likely N-dealkylation sites (tertiary alicyclic amines) is 1. The largest absolute Gasteiger partial charge is 0.343 e. The summed E-state index contributed by atoms with van der Waals surface area (Å²) in [6.07, 6.45) is 6.39. The fourth-order valence-electron chi connectivity index (χ4n) is 4.27. The molecule has 2 N–H and O–H groups in total. The van der Waals surface area contributed by atoms with Gasteiger partial charge in [-0.1, -0.05) is 24.3 Å². The number of carbonyl (C=O) groups excluding carboxylic acids is 2. The molecule has 0 radical (unpaired) electrons. The molecule has 180 valence electrons. The van der Waals surface area contributed by atoms with Crippen LogP contribution in [-0.4, -0.2) is 56.9 Å². The topological polar surface area (TPSA) is 115 Å². The van der Waals surface area contributed by atoms with Crippen molar-refractivity contribution in [3.63, 3.8) is 0 Å². The summed E-state index contributed by atoms with van der Waals surface area (Å²) in [5.74, 6) is -4.39. The smallest absolute Gasteiger partial charge is 0.268 e. The first-order chi connectivity index (χ1) is 17.3. The Morgan fingerprint density at radius 3 is 2.78 bits per heavy atom. The van der Waals surface area contributed by atoms with E-state index in [0.29, 0.717) is 16.5 Å². The van der Waals surface area contributed by atoms with E-state index in [1.807, 2.05) is 42.5 Å². The monoisotopic (exact) mass is 486 g/mol. The number of halogens is 2. The van der Waals surface area contributed by atoms with E-state index in [1.54, 1.807) is 18.3 Å². The van der Waals surface area contributed by atoms with Gasteiger partial charge in [-0.25, -0.2) is 8.78 Å². The Morgan fingerprint density at radius 1 is 1.19 bits per heavy atom. The highest BCUT2D eigenvalue weighted by atomic mass is 19.3. The molecule has 0 saturated carbocycles. The van der Waals surface area contributed by atoms with Crippen LogP contribution in [0.15, 0.2) is 54.9 Å². The van der Waals surface area contributed by atoms with Gasteiger partial charge in [-0.05, 0) is 41.5 Å². The molecule has 1 saturated heterocycles. The molecule has 2 amide bonds. The van der Waals surface area contributed by atoms with Crippen molar-refractivity contribution in [2.45, 2.75) is 18.4 Å². The number of alkyl halides is 2. The van der Waals surface area contributed by atoms with Crippen molar-refractivity contribution in [3.05, 3.63) is 71.5 Å². The molecule has 1 unspecified atom stereocenters. The van der Waals surface area contributed by atoms with Crippen LogP contribution in [0.25, 0.3) is 34.0 Å². The number of carbonyl (C=O) groups is 2. The van der Waals surface area contributed by atoms with Crippen LogP contribution in [-0.2, 0) is 4.79 Å². The Balaban J connectivity index is 1.33. The normalized spacial score (nSPS) is 17.0. The molecular weight excluding hydrogens is 466 g/mol. The van der Waals surface area contributed by atoms with Gasteiger partial charge in [0.25, 0.3) is 11.8 Å². The Kier molecular flexibility index (Phi) is 5.90. The van der Waals surface area contributed by atoms with Crippen molar-refractivity contribution in [2.24, 2.45) is 0 Å². The quantitative estimate of drug-likeness (QED) is 0.417. The van der Waals surface area contributed by atoms with Crippen LogP contribution < -0.4 is 5.32 Å². The lowest BCUT2D eigenvalue weighted by molar-refractivity contribution is -0.131. The van der Waals surface area contributed by atoms with E-state index in [2.05, 4.69) is 20.5 Å². The molecule has 2 aromatic carbocycles. The number of pyridine rings is 1. The number of hydrogen-bond donors (Lipinski definition) is 2. The molecule has 4 aromatic rings. The predicted octanol–water partition coefficient (Wildman–Crippen LogP) is 3.77. The lowest BCUT2D eigenvalue weighted by Crippen LogP contribution is -2.43. The minimum Gasteiger partial charge on any atom is -0.343 e. The molecule has 36 heavy (non-hydrogen) atoms. The van der Waals surface area contributed by atoms with Crippen molar-refractivity contribution in [1.29, 1.82) is 5.26 Å². The zero-order valence-electron chi connectivity index (χ0n) is 18.9. The number of nitrogens with zero attached hydrogens (tertiary/aromatic N) is 4. The highest BCUT2D eigenvalue weighted by Crippen LogP contribution is 2.31. The second-order valence-corrected chi connectivity index (χ2v) is 8.59. The highest BCUT2D eigenvalue weighted by Gasteiger charge is 2.47. The molecule has 1 aliphatic rings. The van der Waals surface area contributed by atoms with Gasteiger partial charge < -0.3 is 10.2 Å². The molecule has 2 aromatic heterocycles. The lowest BCUT2D eigenvalue weighted by Gasteiger charge is -2.19. The van der Waals surface area contributed by atoms with Crippen LogP contribution in [0.1, 0.15) is 27.9 Å². The van der Waals surface area contributed by atoms with Gasteiger partial charge in [-0.15, -0.1) is 0 Å². The summed E-state index contributed by atoms with van der Waals surface area (Å²) >= 11 is 0. The summed E-state index contributed by atoms with van der Waals surface area (Å²) in [5.41, 5.74) is 3.65. The van der Waals surface area contributed by atoms with E-state index in [1.165, 1.54) is 12.3 Å². The fraction of sp³-hybridized carbons (Fsp3) is 0.192. The summed E-state index contributed by atoms with van der Waals surface area (Å²) in [7, 11) is 0. The van der Waals surface area contributed by atoms with Crippen LogP contribution >= 0.6 is 0 Å². The maximum absolute atomic E-state index is 13.6. The Hall–Kier alpha value is -4.65. The first kappa shape index (κ1) is 23.1. The third-order valence-corrected chi connectivity index (χ3v) is 6.08. The summed E-state index contributed by atoms with van der Waals surface area (Å²) < 4.78 is 27.3. The maximum atomic E-state index is 13.6. The summed E-state index contributed by atoms with van der Waals surface area (Å²) in [6, 6.07) is 13.4. The van der Waals surface area contributed by atoms with Crippen LogP contribution in [0.5, 0.6) is 0 Å². The fourth-order valence-corrected chi connectivity index (χ4v) is 4.27. The minimum absolute atomic E-state index is 0.298. The predicted molar refractivity (Wildman–Crippen MR) is 130 cm³/mol. The third kappa shape index (κ3) is 4.63. The number of nitriles is 1. The summed E-state index contributed by atoms with van der Waals surface area (Å²) in [4.78, 5) is 30.4. The number of H-pyrrole nitrogens is 1. The van der Waals surface area contributed by atoms with E-state index in [9.17, 15) is 18.4 Å². The van der Waals surface area contributed by atoms with Crippen molar-refractivity contribution in [2.75, 3.05) is 13.1 Å². The molecule has 1 fully saturated rings. The third-order valence-electron chi connectivity index (χ3n) is 6.08. The van der Waals surface area contributed by atoms with Crippen molar-refractivity contribution in [3.8, 4) is 6.07 Å². The number of amides is 2. The van der Waals surface area contributed by atoms with Crippen molar-refractivity contribution in [1.82, 2.24) is 25.4 Å². The number of rotatable bonds is 5. The van der Waals surface area contributed by atoms with Crippen molar-refractivity contribution < 1.29 is 18.4 Å². The van der Waals surface area contributed by atoms with Crippen LogP contribution in [0, 0.1) is 11.3 Å². The molecule has 5 rings (SSSR count). The zero-order valence-corrected chi connectivity index (χ0v) is 18.9. The number of benzene rings is 2. The molecule has 1 aliphatic heterocycles. The lowest BCUT2D eigenvalue weighted by atomic mass is 10.0. The number of hydrogen-bond acceptors (Lipinski definition) is 5. The molecule has 0 aliphatic carbocycles. The average molecular weight is 486 g/mol. The van der Waals surface area contributed by atoms with Gasteiger partial charge in [-0.2, -0.15) is 10.4 Å². The first-order valence-corrected chi connectivity index (χ1v) is 11.2. The molecule has 0 bridgehead atoms. The molecule has 1 atom stereocenters. The van der Waals surface area contributed by atoms with Crippen LogP contribution in [0.2, 0.25) is 0 Å². The molecule has 3 heterocycles. The van der Waals surface area contributed by atoms with Gasteiger partial charge in [0, 0.05) is 23.4 Å². The number of aromatic amines is 1. The van der Waals surface area contributed by atoms with E-state index in [-0.39, 0.29) is 0 Å². The van der Waals surface area contributed by atoms with Crippen LogP contribution in [0.4, 0.5) is 8.78 Å². The SMILES string of the molecule is N#CC1CC(F)(F)CN1C(=O)CNC(=O)c1ccnc2ccc(C=Cc3ccc4[nH]ncc4c3)cc12. The summed E-state index contributed by atoms with van der Waals surface area (Å²) in [6.45, 7) is -1.33. The van der Waals surface area contributed by atoms with E-state index in [4.69, 9.17) is 5.26 Å². The summed E-state index contributed by atoms with van der Waals surface area (Å²) in [5, 5.41) is 20.1. The highest BCUT2D eigenvalue weighted by molar-refractivity contribution is 6.07. The van der Waals surface area contributed by atoms with E-state index in [0.717, 1.165) is 26.9 Å². The molecular formula is C26H20F2N6O2. The van der Waals surface area contributed by atoms with E-state index >= 15 is 0 Å². The number of fused-ring (bicyclic) bond motifs is 2. The second kappa shape index (κ2) is 9.19. The standard InChI is InChI=1S/C26H20F2N6O2/c27-26(28)11-19(12-29)34(15-26)24(35)14-31-25(36)20-7-8-30-23-6-4-17(10-21(20)23)2-1-16-3-5-22-18(9-16)13-32-33-22/h1-10,13,19H,11,14-15H2,(H,31,36)(H,32,33). The Bertz CT molecular complexity index is 1560. The van der Waals surface area contributed by atoms with Gasteiger partial charge >= 0.3 is 0 Å². The molecule has 8 nitrogen and oxygen atoms in total. The Labute approximate surface area is 204 Å². The van der Waals surface area contributed by atoms with E-state index < -0.39 is 43.3 Å². The maximum Gasteiger partial charge on any atom is 0.268 e. The zero-order chi connectivity index (χ0) is 25.3. The number of aromatic nitrogens is 3. The Morgan fingerprint density at radius 2 is 1.97 bits per heavy atom. The van der Waals surface area contributed by atoms with Gasteiger partial charge in [0.1, 0.15) is 6.04 Å². The second-order valence-electron chi connectivity index (χ2n) is 8.59.